The quantitative estimate of drug-likeness (QED) is 0.682. The Hall–Kier alpha value is -0.760. The van der Waals surface area contributed by atoms with Gasteiger partial charge in [0.25, 0.3) is 0 Å². The normalized spacial score (nSPS) is 10.2. The highest BCUT2D eigenvalue weighted by Gasteiger charge is 2.07. The molecule has 0 amide bonds. The molecule has 1 aromatic rings. The molecule has 0 spiro atoms. The summed E-state index contributed by atoms with van der Waals surface area (Å²) in [5.41, 5.74) is 0.667. The smallest absolute Gasteiger partial charge is 0.146 e. The molecule has 1 nitrogen and oxygen atoms in total. The predicted molar refractivity (Wildman–Crippen MR) is 59.6 cm³/mol. The van der Waals surface area contributed by atoms with E-state index in [9.17, 15) is 4.39 Å². The van der Waals surface area contributed by atoms with Gasteiger partial charge in [-0.15, -0.1) is 11.6 Å². The minimum atomic E-state index is -0.163. The molecule has 0 unspecified atom stereocenters. The molecule has 0 bridgehead atoms. The molecule has 0 aliphatic heterocycles. The molecule has 0 aliphatic rings. The van der Waals surface area contributed by atoms with E-state index in [0.717, 1.165) is 19.5 Å². The van der Waals surface area contributed by atoms with Crippen LogP contribution in [0, 0.1) is 5.82 Å². The monoisotopic (exact) mass is 215 g/mol. The van der Waals surface area contributed by atoms with Crippen molar-refractivity contribution in [1.29, 1.82) is 0 Å². The maximum Gasteiger partial charge on any atom is 0.146 e. The lowest BCUT2D eigenvalue weighted by atomic mass is 10.2. The van der Waals surface area contributed by atoms with Gasteiger partial charge in [-0.25, -0.2) is 4.39 Å². The molecule has 3 heteroatoms. The van der Waals surface area contributed by atoms with E-state index < -0.39 is 0 Å². The highest BCUT2D eigenvalue weighted by atomic mass is 35.5. The number of halogens is 2. The predicted octanol–water partition coefficient (Wildman–Crippen LogP) is 3.28. The molecular formula is C11H15ClFN. The fourth-order valence-electron chi connectivity index (χ4n) is 1.41. The number of alkyl halides is 1. The Kier molecular flexibility index (Phi) is 4.74. The zero-order valence-corrected chi connectivity index (χ0v) is 9.10. The van der Waals surface area contributed by atoms with Crippen molar-refractivity contribution in [2.45, 2.75) is 13.3 Å². The Bertz CT molecular complexity index is 278. The number of anilines is 1. The van der Waals surface area contributed by atoms with Crippen molar-refractivity contribution in [2.24, 2.45) is 0 Å². The van der Waals surface area contributed by atoms with E-state index in [1.807, 2.05) is 17.9 Å². The van der Waals surface area contributed by atoms with Crippen molar-refractivity contribution in [3.8, 4) is 0 Å². The van der Waals surface area contributed by atoms with Gasteiger partial charge in [-0.2, -0.15) is 0 Å². The highest BCUT2D eigenvalue weighted by Crippen LogP contribution is 2.18. The lowest BCUT2D eigenvalue weighted by molar-refractivity contribution is 0.617. The van der Waals surface area contributed by atoms with E-state index in [2.05, 4.69) is 0 Å². The van der Waals surface area contributed by atoms with Crippen molar-refractivity contribution in [2.75, 3.05) is 23.9 Å². The van der Waals surface area contributed by atoms with E-state index in [1.165, 1.54) is 6.07 Å². The molecule has 0 atom stereocenters. The van der Waals surface area contributed by atoms with Gasteiger partial charge in [0.1, 0.15) is 5.82 Å². The maximum atomic E-state index is 13.4. The average molecular weight is 216 g/mol. The molecule has 0 aliphatic carbocycles. The summed E-state index contributed by atoms with van der Waals surface area (Å²) in [5, 5.41) is 0. The molecule has 0 N–H and O–H groups in total. The lowest BCUT2D eigenvalue weighted by Gasteiger charge is -2.22. The van der Waals surface area contributed by atoms with Crippen molar-refractivity contribution < 1.29 is 4.39 Å². The Morgan fingerprint density at radius 3 is 2.64 bits per heavy atom. The van der Waals surface area contributed by atoms with Crippen LogP contribution in [0.5, 0.6) is 0 Å². The minimum absolute atomic E-state index is 0.163. The number of para-hydroxylation sites is 1. The second-order valence-electron chi connectivity index (χ2n) is 3.07. The molecule has 0 fully saturated rings. The van der Waals surface area contributed by atoms with Gasteiger partial charge in [0, 0.05) is 19.0 Å². The van der Waals surface area contributed by atoms with Crippen molar-refractivity contribution in [3.63, 3.8) is 0 Å². The molecule has 1 aromatic carbocycles. The van der Waals surface area contributed by atoms with E-state index in [1.54, 1.807) is 12.1 Å². The molecule has 78 valence electrons. The zero-order chi connectivity index (χ0) is 10.4. The molecule has 0 radical (unpaired) electrons. The third-order valence-corrected chi connectivity index (χ3v) is 2.40. The van der Waals surface area contributed by atoms with Gasteiger partial charge in [-0.05, 0) is 25.5 Å². The van der Waals surface area contributed by atoms with Crippen LogP contribution >= 0.6 is 11.6 Å². The number of benzene rings is 1. The third kappa shape index (κ3) is 2.88. The summed E-state index contributed by atoms with van der Waals surface area (Å²) in [6.45, 7) is 3.62. The van der Waals surface area contributed by atoms with Crippen LogP contribution in [0.25, 0.3) is 0 Å². The summed E-state index contributed by atoms with van der Waals surface area (Å²) >= 11 is 5.61. The summed E-state index contributed by atoms with van der Waals surface area (Å²) < 4.78 is 13.4. The standard InChI is InChI=1S/C11H15ClFN/c1-2-14(9-5-8-12)11-7-4-3-6-10(11)13/h3-4,6-7H,2,5,8-9H2,1H3. The van der Waals surface area contributed by atoms with Gasteiger partial charge in [0.15, 0.2) is 0 Å². The van der Waals surface area contributed by atoms with Gasteiger partial charge in [-0.1, -0.05) is 12.1 Å². The summed E-state index contributed by atoms with van der Waals surface area (Å²) in [7, 11) is 0. The summed E-state index contributed by atoms with van der Waals surface area (Å²) in [6, 6.07) is 6.84. The van der Waals surface area contributed by atoms with Crippen LogP contribution in [0.15, 0.2) is 24.3 Å². The number of nitrogens with zero attached hydrogens (tertiary/aromatic N) is 1. The van der Waals surface area contributed by atoms with Crippen LogP contribution in [0.4, 0.5) is 10.1 Å². The fourth-order valence-corrected chi connectivity index (χ4v) is 1.53. The van der Waals surface area contributed by atoms with Crippen LogP contribution in [-0.4, -0.2) is 19.0 Å². The van der Waals surface area contributed by atoms with E-state index in [0.29, 0.717) is 11.6 Å². The number of hydrogen-bond donors (Lipinski definition) is 0. The number of hydrogen-bond acceptors (Lipinski definition) is 1. The van der Waals surface area contributed by atoms with Crippen LogP contribution < -0.4 is 4.90 Å². The number of rotatable bonds is 5. The van der Waals surface area contributed by atoms with E-state index in [-0.39, 0.29) is 5.82 Å². The summed E-state index contributed by atoms with van der Waals surface area (Å²) in [5.74, 6) is 0.453. The van der Waals surface area contributed by atoms with Crippen molar-refractivity contribution >= 4 is 17.3 Å². The third-order valence-electron chi connectivity index (χ3n) is 2.14. The first kappa shape index (κ1) is 11.3. The first-order valence-corrected chi connectivity index (χ1v) is 5.38. The van der Waals surface area contributed by atoms with Crippen molar-refractivity contribution in [3.05, 3.63) is 30.1 Å². The van der Waals surface area contributed by atoms with E-state index >= 15 is 0 Å². The lowest BCUT2D eigenvalue weighted by Crippen LogP contribution is -2.25. The topological polar surface area (TPSA) is 3.24 Å². The van der Waals surface area contributed by atoms with Gasteiger partial charge >= 0.3 is 0 Å². The molecular weight excluding hydrogens is 201 g/mol. The fraction of sp³-hybridized carbons (Fsp3) is 0.455. The SMILES string of the molecule is CCN(CCCCl)c1ccccc1F. The first-order chi connectivity index (χ1) is 6.79. The molecule has 14 heavy (non-hydrogen) atoms. The molecule has 0 saturated heterocycles. The van der Waals surface area contributed by atoms with Crippen LogP contribution in [0.3, 0.4) is 0 Å². The van der Waals surface area contributed by atoms with Crippen LogP contribution in [0.1, 0.15) is 13.3 Å². The van der Waals surface area contributed by atoms with Gasteiger partial charge in [-0.3, -0.25) is 0 Å². The van der Waals surface area contributed by atoms with E-state index in [4.69, 9.17) is 11.6 Å². The van der Waals surface area contributed by atoms with Crippen LogP contribution in [-0.2, 0) is 0 Å². The molecule has 0 heterocycles. The average Bonchev–Trinajstić information content (AvgIpc) is 2.21. The Morgan fingerprint density at radius 1 is 1.36 bits per heavy atom. The first-order valence-electron chi connectivity index (χ1n) is 4.85. The summed E-state index contributed by atoms with van der Waals surface area (Å²) in [6.07, 6.45) is 0.879. The van der Waals surface area contributed by atoms with Crippen molar-refractivity contribution in [1.82, 2.24) is 0 Å². The maximum absolute atomic E-state index is 13.4. The summed E-state index contributed by atoms with van der Waals surface area (Å²) in [4.78, 5) is 2.00. The Balaban J connectivity index is 2.73. The molecule has 0 saturated carbocycles. The zero-order valence-electron chi connectivity index (χ0n) is 8.34. The Labute approximate surface area is 89.5 Å². The minimum Gasteiger partial charge on any atom is -0.369 e. The van der Waals surface area contributed by atoms with Crippen LogP contribution in [0.2, 0.25) is 0 Å². The molecule has 1 rings (SSSR count). The van der Waals surface area contributed by atoms with Gasteiger partial charge in [0.2, 0.25) is 0 Å². The second kappa shape index (κ2) is 5.86. The highest BCUT2D eigenvalue weighted by molar-refractivity contribution is 6.17. The van der Waals surface area contributed by atoms with Gasteiger partial charge < -0.3 is 4.90 Å². The molecule has 0 aromatic heterocycles. The largest absolute Gasteiger partial charge is 0.369 e. The van der Waals surface area contributed by atoms with Gasteiger partial charge in [0.05, 0.1) is 5.69 Å². The second-order valence-corrected chi connectivity index (χ2v) is 3.45. The Morgan fingerprint density at radius 2 is 2.07 bits per heavy atom.